The molecule has 0 radical (unpaired) electrons. The van der Waals surface area contributed by atoms with Crippen molar-refractivity contribution in [1.29, 1.82) is 0 Å². The summed E-state index contributed by atoms with van der Waals surface area (Å²) in [6, 6.07) is 9.89. The molecule has 1 aromatic heterocycles. The Morgan fingerprint density at radius 3 is 2.76 bits per heavy atom. The predicted octanol–water partition coefficient (Wildman–Crippen LogP) is 2.20. The van der Waals surface area contributed by atoms with Gasteiger partial charge in [-0.05, 0) is 18.7 Å². The molecule has 1 N–H and O–H groups in total. The fraction of sp³-hybridized carbons (Fsp3) is 0.375. The van der Waals surface area contributed by atoms with Crippen molar-refractivity contribution in [1.82, 2.24) is 15.3 Å². The minimum atomic E-state index is -0.0169. The quantitative estimate of drug-likeness (QED) is 0.754. The number of methoxy groups -OCH3 is 1. The lowest BCUT2D eigenvalue weighted by molar-refractivity contribution is 0.145. The molecule has 0 aliphatic heterocycles. The fourth-order valence-electron chi connectivity index (χ4n) is 2.14. The monoisotopic (exact) mass is 287 g/mol. The van der Waals surface area contributed by atoms with Crippen molar-refractivity contribution < 1.29 is 9.47 Å². The molecule has 0 saturated carbocycles. The van der Waals surface area contributed by atoms with Crippen molar-refractivity contribution in [3.8, 4) is 5.75 Å². The first-order valence-corrected chi connectivity index (χ1v) is 7.06. The van der Waals surface area contributed by atoms with Crippen LogP contribution in [-0.2, 0) is 4.74 Å². The molecule has 0 fully saturated rings. The Balaban J connectivity index is 2.27. The average Bonchev–Trinajstić information content (AvgIpc) is 2.54. The van der Waals surface area contributed by atoms with E-state index in [1.165, 1.54) is 0 Å². The van der Waals surface area contributed by atoms with Gasteiger partial charge in [0.25, 0.3) is 0 Å². The smallest absolute Gasteiger partial charge is 0.124 e. The van der Waals surface area contributed by atoms with Crippen molar-refractivity contribution >= 4 is 0 Å². The summed E-state index contributed by atoms with van der Waals surface area (Å²) in [7, 11) is 1.66. The molecule has 0 amide bonds. The maximum Gasteiger partial charge on any atom is 0.124 e. The SMILES string of the molecule is CCNC(c1ccncn1)c1ccccc1OCCOC. The van der Waals surface area contributed by atoms with Gasteiger partial charge in [0.05, 0.1) is 18.3 Å². The van der Waals surface area contributed by atoms with Crippen LogP contribution in [0.5, 0.6) is 5.75 Å². The second kappa shape index (κ2) is 8.34. The van der Waals surface area contributed by atoms with E-state index in [9.17, 15) is 0 Å². The third kappa shape index (κ3) is 4.24. The highest BCUT2D eigenvalue weighted by Crippen LogP contribution is 2.28. The summed E-state index contributed by atoms with van der Waals surface area (Å²) in [5, 5.41) is 3.44. The Hall–Kier alpha value is -1.98. The van der Waals surface area contributed by atoms with E-state index < -0.39 is 0 Å². The first-order chi connectivity index (χ1) is 10.4. The largest absolute Gasteiger partial charge is 0.491 e. The van der Waals surface area contributed by atoms with Crippen LogP contribution in [0.25, 0.3) is 0 Å². The van der Waals surface area contributed by atoms with Crippen LogP contribution in [0, 0.1) is 0 Å². The van der Waals surface area contributed by atoms with E-state index >= 15 is 0 Å². The van der Waals surface area contributed by atoms with Crippen LogP contribution < -0.4 is 10.1 Å². The summed E-state index contributed by atoms with van der Waals surface area (Å²) in [5.41, 5.74) is 1.99. The zero-order valence-electron chi connectivity index (χ0n) is 12.5. The van der Waals surface area contributed by atoms with Crippen molar-refractivity contribution in [2.45, 2.75) is 13.0 Å². The van der Waals surface area contributed by atoms with Crippen molar-refractivity contribution in [2.75, 3.05) is 26.9 Å². The second-order valence-electron chi connectivity index (χ2n) is 4.50. The molecule has 5 heteroatoms. The Morgan fingerprint density at radius 1 is 1.19 bits per heavy atom. The Kier molecular flexibility index (Phi) is 6.12. The molecule has 1 aromatic carbocycles. The van der Waals surface area contributed by atoms with Crippen LogP contribution >= 0.6 is 0 Å². The number of rotatable bonds is 8. The summed E-state index contributed by atoms with van der Waals surface area (Å²) in [4.78, 5) is 8.34. The first kappa shape index (κ1) is 15.4. The van der Waals surface area contributed by atoms with E-state index in [1.807, 2.05) is 24.3 Å². The number of nitrogens with zero attached hydrogens (tertiary/aromatic N) is 2. The van der Waals surface area contributed by atoms with E-state index in [0.29, 0.717) is 13.2 Å². The number of nitrogens with one attached hydrogen (secondary N) is 1. The van der Waals surface area contributed by atoms with Gasteiger partial charge in [-0.25, -0.2) is 9.97 Å². The van der Waals surface area contributed by atoms with Gasteiger partial charge >= 0.3 is 0 Å². The highest BCUT2D eigenvalue weighted by atomic mass is 16.5. The van der Waals surface area contributed by atoms with E-state index in [-0.39, 0.29) is 6.04 Å². The fourth-order valence-corrected chi connectivity index (χ4v) is 2.14. The highest BCUT2D eigenvalue weighted by molar-refractivity contribution is 5.39. The van der Waals surface area contributed by atoms with Gasteiger partial charge in [0.2, 0.25) is 0 Å². The van der Waals surface area contributed by atoms with Gasteiger partial charge in [0.1, 0.15) is 18.7 Å². The molecule has 0 bridgehead atoms. The van der Waals surface area contributed by atoms with Gasteiger partial charge in [0, 0.05) is 18.9 Å². The molecule has 0 spiro atoms. The molecule has 2 aromatic rings. The highest BCUT2D eigenvalue weighted by Gasteiger charge is 2.18. The number of para-hydroxylation sites is 1. The minimum absolute atomic E-state index is 0.0169. The molecule has 5 nitrogen and oxygen atoms in total. The van der Waals surface area contributed by atoms with Crippen LogP contribution in [0.15, 0.2) is 42.9 Å². The zero-order chi connectivity index (χ0) is 14.9. The third-order valence-electron chi connectivity index (χ3n) is 3.08. The summed E-state index contributed by atoms with van der Waals surface area (Å²) >= 11 is 0. The average molecular weight is 287 g/mol. The lowest BCUT2D eigenvalue weighted by atomic mass is 10.0. The Labute approximate surface area is 125 Å². The molecule has 2 rings (SSSR count). The van der Waals surface area contributed by atoms with Crippen LogP contribution in [-0.4, -0.2) is 36.8 Å². The van der Waals surface area contributed by atoms with E-state index in [4.69, 9.17) is 9.47 Å². The maximum atomic E-state index is 5.82. The molecule has 21 heavy (non-hydrogen) atoms. The summed E-state index contributed by atoms with van der Waals surface area (Å²) < 4.78 is 10.9. The number of hydrogen-bond acceptors (Lipinski definition) is 5. The summed E-state index contributed by atoms with van der Waals surface area (Å²) in [6.45, 7) is 3.99. The van der Waals surface area contributed by atoms with Crippen molar-refractivity contribution in [3.05, 3.63) is 54.1 Å². The first-order valence-electron chi connectivity index (χ1n) is 7.06. The van der Waals surface area contributed by atoms with E-state index in [1.54, 1.807) is 19.6 Å². The topological polar surface area (TPSA) is 56.3 Å². The Morgan fingerprint density at radius 2 is 2.05 bits per heavy atom. The molecule has 1 atom stereocenters. The number of benzene rings is 1. The third-order valence-corrected chi connectivity index (χ3v) is 3.08. The second-order valence-corrected chi connectivity index (χ2v) is 4.50. The van der Waals surface area contributed by atoms with Gasteiger partial charge in [-0.3, -0.25) is 0 Å². The molecule has 112 valence electrons. The predicted molar refractivity (Wildman–Crippen MR) is 81.4 cm³/mol. The number of hydrogen-bond donors (Lipinski definition) is 1. The molecule has 0 aliphatic carbocycles. The molecular weight excluding hydrogens is 266 g/mol. The Bertz CT molecular complexity index is 534. The standard InChI is InChI=1S/C16H21N3O2/c1-3-18-16(14-8-9-17-12-19-14)13-6-4-5-7-15(13)21-11-10-20-2/h4-9,12,16,18H,3,10-11H2,1-2H3. The maximum absolute atomic E-state index is 5.82. The molecular formula is C16H21N3O2. The molecule has 1 unspecified atom stereocenters. The van der Waals surface area contributed by atoms with Crippen LogP contribution in [0.4, 0.5) is 0 Å². The van der Waals surface area contributed by atoms with Crippen LogP contribution in [0.3, 0.4) is 0 Å². The normalized spacial score (nSPS) is 12.1. The van der Waals surface area contributed by atoms with Gasteiger partial charge in [-0.15, -0.1) is 0 Å². The molecule has 0 aliphatic rings. The molecule has 1 heterocycles. The number of aromatic nitrogens is 2. The summed E-state index contributed by atoms with van der Waals surface area (Å²) in [5.74, 6) is 0.846. The van der Waals surface area contributed by atoms with Crippen molar-refractivity contribution in [2.24, 2.45) is 0 Å². The number of ether oxygens (including phenoxy) is 2. The zero-order valence-corrected chi connectivity index (χ0v) is 12.5. The van der Waals surface area contributed by atoms with Gasteiger partial charge in [-0.2, -0.15) is 0 Å². The molecule has 0 saturated heterocycles. The van der Waals surface area contributed by atoms with Gasteiger partial charge in [-0.1, -0.05) is 25.1 Å². The van der Waals surface area contributed by atoms with E-state index in [0.717, 1.165) is 23.6 Å². The van der Waals surface area contributed by atoms with Crippen LogP contribution in [0.2, 0.25) is 0 Å². The van der Waals surface area contributed by atoms with Crippen molar-refractivity contribution in [3.63, 3.8) is 0 Å². The lowest BCUT2D eigenvalue weighted by Gasteiger charge is -2.20. The minimum Gasteiger partial charge on any atom is -0.491 e. The van der Waals surface area contributed by atoms with Gasteiger partial charge in [0.15, 0.2) is 0 Å². The lowest BCUT2D eigenvalue weighted by Crippen LogP contribution is -2.23. The van der Waals surface area contributed by atoms with E-state index in [2.05, 4.69) is 28.3 Å². The summed E-state index contributed by atoms with van der Waals surface area (Å²) in [6.07, 6.45) is 3.31. The van der Waals surface area contributed by atoms with Gasteiger partial charge < -0.3 is 14.8 Å². The van der Waals surface area contributed by atoms with Crippen LogP contribution in [0.1, 0.15) is 24.2 Å².